The van der Waals surface area contributed by atoms with Crippen molar-refractivity contribution in [2.45, 2.75) is 20.4 Å². The summed E-state index contributed by atoms with van der Waals surface area (Å²) in [4.78, 5) is 2.02. The number of hydrogen-bond donors (Lipinski definition) is 2. The van der Waals surface area contributed by atoms with Crippen molar-refractivity contribution in [1.29, 1.82) is 0 Å². The molecule has 2 aromatic rings. The molecule has 24 heavy (non-hydrogen) atoms. The van der Waals surface area contributed by atoms with E-state index in [-0.39, 0.29) is 5.56 Å². The minimum absolute atomic E-state index is 0.253. The van der Waals surface area contributed by atoms with Gasteiger partial charge in [0, 0.05) is 37.5 Å². The molecule has 0 unspecified atom stereocenters. The Kier molecular flexibility index (Phi) is 5.49. The highest BCUT2D eigenvalue weighted by atomic mass is 19.2. The Hall–Kier alpha value is -2.50. The molecule has 0 fully saturated rings. The Bertz CT molecular complexity index is 711. The molecule has 0 heterocycles. The summed E-state index contributed by atoms with van der Waals surface area (Å²) in [5.74, 6) is -1.01. The van der Waals surface area contributed by atoms with Crippen LogP contribution in [0.25, 0.3) is 0 Å². The molecule has 0 bridgehead atoms. The van der Waals surface area contributed by atoms with Crippen molar-refractivity contribution in [2.75, 3.05) is 36.7 Å². The monoisotopic (exact) mass is 335 g/mol. The van der Waals surface area contributed by atoms with Crippen molar-refractivity contribution in [1.82, 2.24) is 0 Å². The Morgan fingerprint density at radius 2 is 1.96 bits per heavy atom. The molecule has 0 aliphatic rings. The van der Waals surface area contributed by atoms with Gasteiger partial charge in [0.2, 0.25) is 0 Å². The highest BCUT2D eigenvalue weighted by molar-refractivity contribution is 5.75. The number of nitrogens with zero attached hydrogens (tertiary/aromatic N) is 1. The fraction of sp³-hybridized carbons (Fsp3) is 0.333. The second-order valence-corrected chi connectivity index (χ2v) is 5.64. The van der Waals surface area contributed by atoms with E-state index in [0.29, 0.717) is 23.7 Å². The maximum atomic E-state index is 13.6. The van der Waals surface area contributed by atoms with Gasteiger partial charge in [0.25, 0.3) is 0 Å². The van der Waals surface area contributed by atoms with Gasteiger partial charge in [-0.1, -0.05) is 0 Å². The summed E-state index contributed by atoms with van der Waals surface area (Å²) in [5.41, 5.74) is 9.24. The molecule has 2 rings (SSSR count). The van der Waals surface area contributed by atoms with Crippen molar-refractivity contribution < 1.29 is 13.5 Å². The van der Waals surface area contributed by atoms with Crippen LogP contribution in [0.4, 0.5) is 25.8 Å². The molecule has 0 atom stereocenters. The Balaban J connectivity index is 2.37. The largest absolute Gasteiger partial charge is 0.496 e. The molecular weight excluding hydrogens is 312 g/mol. The minimum Gasteiger partial charge on any atom is -0.496 e. The average molecular weight is 335 g/mol. The second kappa shape index (κ2) is 7.38. The number of anilines is 3. The maximum Gasteiger partial charge on any atom is 0.161 e. The third-order valence-corrected chi connectivity index (χ3v) is 4.03. The molecule has 0 radical (unpaired) electrons. The molecule has 0 amide bonds. The maximum absolute atomic E-state index is 13.6. The summed E-state index contributed by atoms with van der Waals surface area (Å²) < 4.78 is 32.4. The van der Waals surface area contributed by atoms with E-state index in [0.717, 1.165) is 23.9 Å². The quantitative estimate of drug-likeness (QED) is 0.785. The predicted octanol–water partition coefficient (Wildman–Crippen LogP) is 3.93. The van der Waals surface area contributed by atoms with Crippen LogP contribution in [-0.2, 0) is 6.54 Å². The topological polar surface area (TPSA) is 50.5 Å². The van der Waals surface area contributed by atoms with Crippen LogP contribution >= 0.6 is 0 Å². The normalized spacial score (nSPS) is 10.6. The summed E-state index contributed by atoms with van der Waals surface area (Å²) >= 11 is 0. The van der Waals surface area contributed by atoms with E-state index in [2.05, 4.69) is 5.32 Å². The van der Waals surface area contributed by atoms with E-state index in [1.807, 2.05) is 18.9 Å². The molecule has 0 saturated heterocycles. The van der Waals surface area contributed by atoms with Gasteiger partial charge in [0.15, 0.2) is 11.6 Å². The number of halogens is 2. The van der Waals surface area contributed by atoms with Gasteiger partial charge in [-0.3, -0.25) is 0 Å². The van der Waals surface area contributed by atoms with Crippen molar-refractivity contribution in [2.24, 2.45) is 0 Å². The molecule has 0 saturated carbocycles. The SMILES string of the molecule is CCN(C)c1c(N)ccc(OC)c1CNc1cc(C)c(F)c(F)c1. The van der Waals surface area contributed by atoms with Crippen LogP contribution in [0.5, 0.6) is 5.75 Å². The lowest BCUT2D eigenvalue weighted by Crippen LogP contribution is -2.20. The molecule has 6 heteroatoms. The number of nitrogen functional groups attached to an aromatic ring is 1. The van der Waals surface area contributed by atoms with Crippen molar-refractivity contribution in [3.8, 4) is 5.75 Å². The highest BCUT2D eigenvalue weighted by Gasteiger charge is 2.16. The number of methoxy groups -OCH3 is 1. The van der Waals surface area contributed by atoms with Gasteiger partial charge < -0.3 is 20.7 Å². The lowest BCUT2D eigenvalue weighted by molar-refractivity contribution is 0.410. The molecule has 3 N–H and O–H groups in total. The molecule has 0 spiro atoms. The Morgan fingerprint density at radius 3 is 2.54 bits per heavy atom. The first-order valence-electron chi connectivity index (χ1n) is 7.75. The van der Waals surface area contributed by atoms with E-state index in [1.165, 1.54) is 6.92 Å². The predicted molar refractivity (Wildman–Crippen MR) is 94.8 cm³/mol. The first-order valence-corrected chi connectivity index (χ1v) is 7.75. The highest BCUT2D eigenvalue weighted by Crippen LogP contribution is 2.35. The third-order valence-electron chi connectivity index (χ3n) is 4.03. The molecular formula is C18H23F2N3O. The zero-order chi connectivity index (χ0) is 17.9. The summed E-state index contributed by atoms with van der Waals surface area (Å²) in [5, 5.41) is 3.12. The van der Waals surface area contributed by atoms with Crippen LogP contribution in [0.15, 0.2) is 24.3 Å². The van der Waals surface area contributed by atoms with E-state index >= 15 is 0 Å². The number of aryl methyl sites for hydroxylation is 1. The van der Waals surface area contributed by atoms with Crippen LogP contribution in [0.3, 0.4) is 0 Å². The number of ether oxygens (including phenoxy) is 1. The van der Waals surface area contributed by atoms with Crippen LogP contribution in [0.2, 0.25) is 0 Å². The zero-order valence-corrected chi connectivity index (χ0v) is 14.4. The van der Waals surface area contributed by atoms with Gasteiger partial charge in [-0.25, -0.2) is 8.78 Å². The van der Waals surface area contributed by atoms with Crippen molar-refractivity contribution >= 4 is 17.1 Å². The van der Waals surface area contributed by atoms with E-state index in [9.17, 15) is 8.78 Å². The molecule has 0 aliphatic heterocycles. The molecule has 130 valence electrons. The third kappa shape index (κ3) is 3.53. The summed E-state index contributed by atoms with van der Waals surface area (Å²) in [6.07, 6.45) is 0. The number of rotatable bonds is 6. The first kappa shape index (κ1) is 17.8. The molecule has 0 aromatic heterocycles. The van der Waals surface area contributed by atoms with Gasteiger partial charge in [0.05, 0.1) is 18.5 Å². The van der Waals surface area contributed by atoms with Crippen LogP contribution in [0.1, 0.15) is 18.1 Å². The van der Waals surface area contributed by atoms with Crippen LogP contribution < -0.4 is 20.7 Å². The summed E-state index contributed by atoms with van der Waals surface area (Å²) in [6, 6.07) is 6.31. The number of nitrogens with two attached hydrogens (primary N) is 1. The lowest BCUT2D eigenvalue weighted by atomic mass is 10.1. The fourth-order valence-corrected chi connectivity index (χ4v) is 2.63. The fourth-order valence-electron chi connectivity index (χ4n) is 2.63. The Morgan fingerprint density at radius 1 is 1.25 bits per heavy atom. The molecule has 0 aliphatic carbocycles. The standard InChI is InChI=1S/C18H23F2N3O/c1-5-23(3)18-13(16(24-4)7-6-15(18)21)10-22-12-8-11(2)17(20)14(19)9-12/h6-9,22H,5,10,21H2,1-4H3. The Labute approximate surface area is 141 Å². The van der Waals surface area contributed by atoms with E-state index in [4.69, 9.17) is 10.5 Å². The molecule has 2 aromatic carbocycles. The summed E-state index contributed by atoms with van der Waals surface area (Å²) in [7, 11) is 3.53. The number of hydrogen-bond acceptors (Lipinski definition) is 4. The van der Waals surface area contributed by atoms with Gasteiger partial charge in [-0.15, -0.1) is 0 Å². The number of nitrogens with one attached hydrogen (secondary N) is 1. The first-order chi connectivity index (χ1) is 11.4. The average Bonchev–Trinajstić information content (AvgIpc) is 2.57. The van der Waals surface area contributed by atoms with Gasteiger partial charge in [0.1, 0.15) is 5.75 Å². The van der Waals surface area contributed by atoms with Gasteiger partial charge in [-0.2, -0.15) is 0 Å². The summed E-state index contributed by atoms with van der Waals surface area (Å²) in [6.45, 7) is 4.70. The van der Waals surface area contributed by atoms with Gasteiger partial charge in [-0.05, 0) is 37.6 Å². The van der Waals surface area contributed by atoms with Crippen molar-refractivity contribution in [3.63, 3.8) is 0 Å². The van der Waals surface area contributed by atoms with E-state index in [1.54, 1.807) is 25.3 Å². The zero-order valence-electron chi connectivity index (χ0n) is 14.4. The minimum atomic E-state index is -0.872. The van der Waals surface area contributed by atoms with Crippen LogP contribution in [0, 0.1) is 18.6 Å². The van der Waals surface area contributed by atoms with Crippen LogP contribution in [-0.4, -0.2) is 20.7 Å². The second-order valence-electron chi connectivity index (χ2n) is 5.64. The smallest absolute Gasteiger partial charge is 0.161 e. The van der Waals surface area contributed by atoms with E-state index < -0.39 is 11.6 Å². The van der Waals surface area contributed by atoms with Gasteiger partial charge >= 0.3 is 0 Å². The van der Waals surface area contributed by atoms with Crippen molar-refractivity contribution in [3.05, 3.63) is 47.0 Å². The number of benzene rings is 2. The lowest BCUT2D eigenvalue weighted by Gasteiger charge is -2.25. The molecule has 4 nitrogen and oxygen atoms in total.